The molecule has 1 atom stereocenters. The zero-order valence-corrected chi connectivity index (χ0v) is 9.49. The van der Waals surface area contributed by atoms with Gasteiger partial charge in [-0.25, -0.2) is 0 Å². The molecule has 0 radical (unpaired) electrons. The van der Waals surface area contributed by atoms with E-state index >= 15 is 0 Å². The van der Waals surface area contributed by atoms with Gasteiger partial charge in [0.2, 0.25) is 0 Å². The summed E-state index contributed by atoms with van der Waals surface area (Å²) in [6, 6.07) is 0.794. The van der Waals surface area contributed by atoms with Gasteiger partial charge in [0.15, 0.2) is 14.7 Å². The molecule has 0 fully saturated rings. The van der Waals surface area contributed by atoms with E-state index in [4.69, 9.17) is 10.3 Å². The number of hydrogen-bond donors (Lipinski definition) is 4. The van der Waals surface area contributed by atoms with Gasteiger partial charge in [-0.3, -0.25) is 5.32 Å². The molecule has 0 spiro atoms. The van der Waals surface area contributed by atoms with Crippen molar-refractivity contribution >= 4 is 8.32 Å². The Labute approximate surface area is 80.1 Å². The minimum atomic E-state index is -1.95. The Bertz CT molecular complexity index is 138. The molecular formula is C7H20N2O3Si. The van der Waals surface area contributed by atoms with E-state index in [9.17, 15) is 4.80 Å². The first-order valence-electron chi connectivity index (χ1n) is 4.38. The van der Waals surface area contributed by atoms with Crippen LogP contribution >= 0.6 is 0 Å². The maximum absolute atomic E-state index is 9.48. The predicted molar refractivity (Wildman–Crippen MR) is 52.7 cm³/mol. The molecule has 6 heteroatoms. The van der Waals surface area contributed by atoms with Crippen LogP contribution in [0.5, 0.6) is 0 Å². The number of nitrogens with zero attached hydrogens (tertiary/aromatic N) is 1. The van der Waals surface area contributed by atoms with Crippen molar-refractivity contribution < 1.29 is 15.1 Å². The first-order chi connectivity index (χ1) is 5.83. The average molecular weight is 208 g/mol. The molecule has 80 valence electrons. The standard InChI is InChI=1S/C7H20N2O3Si/c1-9(11)7(10)8-5-4-6-13(2,3)12/h7-8,10-12H,4-6H2,1-3H3. The number of nitrogens with one attached hydrogen (secondary N) is 1. The Kier molecular flexibility index (Phi) is 5.69. The van der Waals surface area contributed by atoms with E-state index in [-0.39, 0.29) is 0 Å². The zero-order chi connectivity index (χ0) is 10.5. The van der Waals surface area contributed by atoms with Crippen LogP contribution in [0.4, 0.5) is 0 Å². The highest BCUT2D eigenvalue weighted by Gasteiger charge is 2.16. The number of aliphatic hydroxyl groups is 1. The van der Waals surface area contributed by atoms with Gasteiger partial charge in [0, 0.05) is 7.05 Å². The van der Waals surface area contributed by atoms with Gasteiger partial charge in [0.25, 0.3) is 0 Å². The third-order valence-corrected chi connectivity index (χ3v) is 3.22. The molecule has 0 aliphatic carbocycles. The van der Waals surface area contributed by atoms with Crippen LogP contribution in [0.1, 0.15) is 6.42 Å². The van der Waals surface area contributed by atoms with Crippen LogP contribution in [-0.4, -0.2) is 48.4 Å². The van der Waals surface area contributed by atoms with Gasteiger partial charge >= 0.3 is 0 Å². The largest absolute Gasteiger partial charge is 0.432 e. The molecule has 0 heterocycles. The van der Waals surface area contributed by atoms with Gasteiger partial charge < -0.3 is 15.1 Å². The Hall–Kier alpha value is 0.0169. The molecule has 1 unspecified atom stereocenters. The van der Waals surface area contributed by atoms with Crippen LogP contribution in [0.2, 0.25) is 19.1 Å². The third-order valence-electron chi connectivity index (χ3n) is 1.65. The number of hydroxylamine groups is 2. The summed E-state index contributed by atoms with van der Waals surface area (Å²) in [6.45, 7) is 4.34. The van der Waals surface area contributed by atoms with Gasteiger partial charge in [0.1, 0.15) is 0 Å². The van der Waals surface area contributed by atoms with Gasteiger partial charge in [-0.2, -0.15) is 5.06 Å². The summed E-state index contributed by atoms with van der Waals surface area (Å²) in [4.78, 5) is 9.48. The Morgan fingerprint density at radius 2 is 2.00 bits per heavy atom. The molecule has 0 amide bonds. The van der Waals surface area contributed by atoms with Gasteiger partial charge in [-0.1, -0.05) is 0 Å². The third kappa shape index (κ3) is 8.35. The molecule has 0 bridgehead atoms. The maximum atomic E-state index is 9.48. The zero-order valence-electron chi connectivity index (χ0n) is 8.49. The summed E-state index contributed by atoms with van der Waals surface area (Å²) in [5.74, 6) is 0. The minimum absolute atomic E-state index is 0.586. The van der Waals surface area contributed by atoms with Gasteiger partial charge in [-0.15, -0.1) is 0 Å². The predicted octanol–water partition coefficient (Wildman–Crippen LogP) is -0.240. The van der Waals surface area contributed by atoms with E-state index in [1.165, 1.54) is 7.05 Å². The van der Waals surface area contributed by atoms with Crippen LogP contribution in [0.25, 0.3) is 0 Å². The van der Waals surface area contributed by atoms with Crippen molar-refractivity contribution in [2.24, 2.45) is 0 Å². The van der Waals surface area contributed by atoms with Crippen LogP contribution in [-0.2, 0) is 0 Å². The Morgan fingerprint density at radius 1 is 1.46 bits per heavy atom. The van der Waals surface area contributed by atoms with Crippen molar-refractivity contribution in [3.05, 3.63) is 0 Å². The van der Waals surface area contributed by atoms with Crippen LogP contribution in [0.3, 0.4) is 0 Å². The quantitative estimate of drug-likeness (QED) is 0.210. The fraction of sp³-hybridized carbons (Fsp3) is 1.00. The van der Waals surface area contributed by atoms with E-state index < -0.39 is 14.7 Å². The lowest BCUT2D eigenvalue weighted by Gasteiger charge is -2.19. The SMILES string of the molecule is CN(O)C(O)NCCC[Si](C)(C)O. The Morgan fingerprint density at radius 3 is 2.38 bits per heavy atom. The molecule has 0 rings (SSSR count). The smallest absolute Gasteiger partial charge is 0.184 e. The molecule has 0 aliphatic heterocycles. The van der Waals surface area contributed by atoms with Gasteiger partial charge in [-0.05, 0) is 32.1 Å². The molecule has 0 aromatic heterocycles. The molecular weight excluding hydrogens is 188 g/mol. The molecule has 4 N–H and O–H groups in total. The van der Waals surface area contributed by atoms with Crippen molar-refractivity contribution in [3.63, 3.8) is 0 Å². The summed E-state index contributed by atoms with van der Waals surface area (Å²) in [7, 11) is -0.591. The monoisotopic (exact) mass is 208 g/mol. The second-order valence-corrected chi connectivity index (χ2v) is 7.94. The van der Waals surface area contributed by atoms with Crippen LogP contribution in [0.15, 0.2) is 0 Å². The second kappa shape index (κ2) is 5.69. The number of aliphatic hydroxyl groups excluding tert-OH is 1. The van der Waals surface area contributed by atoms with Crippen LogP contribution < -0.4 is 5.32 Å². The fourth-order valence-corrected chi connectivity index (χ4v) is 1.93. The summed E-state index contributed by atoms with van der Waals surface area (Å²) < 4.78 is 0. The molecule has 13 heavy (non-hydrogen) atoms. The average Bonchev–Trinajstić information content (AvgIpc) is 1.95. The molecule has 0 aliphatic rings. The second-order valence-electron chi connectivity index (χ2n) is 3.82. The van der Waals surface area contributed by atoms with Crippen molar-refractivity contribution in [3.8, 4) is 0 Å². The molecule has 0 aromatic rings. The molecule has 0 saturated heterocycles. The molecule has 0 aromatic carbocycles. The number of rotatable bonds is 6. The van der Waals surface area contributed by atoms with Crippen LogP contribution in [0, 0.1) is 0 Å². The van der Waals surface area contributed by atoms with Crippen molar-refractivity contribution in [2.45, 2.75) is 31.9 Å². The van der Waals surface area contributed by atoms with Crippen molar-refractivity contribution in [1.82, 2.24) is 10.4 Å². The lowest BCUT2D eigenvalue weighted by atomic mass is 10.5. The lowest BCUT2D eigenvalue weighted by molar-refractivity contribution is -0.189. The fourth-order valence-electron chi connectivity index (χ4n) is 0.884. The van der Waals surface area contributed by atoms with Gasteiger partial charge in [0.05, 0.1) is 0 Å². The first-order valence-corrected chi connectivity index (χ1v) is 7.54. The molecule has 5 nitrogen and oxygen atoms in total. The van der Waals surface area contributed by atoms with Crippen molar-refractivity contribution in [2.75, 3.05) is 13.6 Å². The maximum Gasteiger partial charge on any atom is 0.184 e. The highest BCUT2D eigenvalue weighted by molar-refractivity contribution is 6.69. The summed E-state index contributed by atoms with van der Waals surface area (Å²) in [5.41, 5.74) is 0. The minimum Gasteiger partial charge on any atom is -0.432 e. The summed E-state index contributed by atoms with van der Waals surface area (Å²) >= 11 is 0. The molecule has 0 saturated carbocycles. The highest BCUT2D eigenvalue weighted by atomic mass is 28.4. The summed E-state index contributed by atoms with van der Waals surface area (Å²) in [6.07, 6.45) is -0.218. The van der Waals surface area contributed by atoms with E-state index in [1.807, 2.05) is 13.1 Å². The normalized spacial score (nSPS) is 15.0. The first kappa shape index (κ1) is 13.0. The summed E-state index contributed by atoms with van der Waals surface area (Å²) in [5, 5.41) is 21.2. The Balaban J connectivity index is 3.36. The topological polar surface area (TPSA) is 76.0 Å². The van der Waals surface area contributed by atoms with Crippen molar-refractivity contribution in [1.29, 1.82) is 0 Å². The number of hydrogen-bond acceptors (Lipinski definition) is 5. The van der Waals surface area contributed by atoms with E-state index in [1.54, 1.807) is 0 Å². The highest BCUT2D eigenvalue weighted by Crippen LogP contribution is 2.06. The van der Waals surface area contributed by atoms with E-state index in [2.05, 4.69) is 5.32 Å². The van der Waals surface area contributed by atoms with E-state index in [0.717, 1.165) is 12.5 Å². The van der Waals surface area contributed by atoms with E-state index in [0.29, 0.717) is 11.6 Å². The lowest BCUT2D eigenvalue weighted by Crippen LogP contribution is -2.42.